The van der Waals surface area contributed by atoms with E-state index < -0.39 is 11.7 Å². The molecule has 8 nitrogen and oxygen atoms in total. The number of piperidine rings is 1. The number of aryl methyl sites for hydroxylation is 1. The van der Waals surface area contributed by atoms with Crippen molar-refractivity contribution in [2.75, 3.05) is 19.7 Å². The zero-order valence-electron chi connectivity index (χ0n) is 18.5. The van der Waals surface area contributed by atoms with Crippen molar-refractivity contribution in [1.82, 2.24) is 10.2 Å². The molecule has 3 heterocycles. The Balaban J connectivity index is 1.52. The number of ether oxygens (including phenoxy) is 2. The van der Waals surface area contributed by atoms with Crippen LogP contribution < -0.4 is 10.1 Å². The number of nitrogens with zero attached hydrogens (tertiary/aromatic N) is 1. The molecule has 0 aliphatic carbocycles. The van der Waals surface area contributed by atoms with Gasteiger partial charge >= 0.3 is 6.09 Å². The Labute approximate surface area is 181 Å². The highest BCUT2D eigenvalue weighted by atomic mass is 16.6. The number of hydrogen-bond donors (Lipinski definition) is 2. The lowest BCUT2D eigenvalue weighted by Crippen LogP contribution is -2.46. The summed E-state index contributed by atoms with van der Waals surface area (Å²) < 4.78 is 17.0. The molecule has 0 unspecified atom stereocenters. The van der Waals surface area contributed by atoms with Gasteiger partial charge in [-0.25, -0.2) is 4.79 Å². The Hall–Kier alpha value is -2.74. The molecule has 1 aromatic heterocycles. The van der Waals surface area contributed by atoms with Crippen LogP contribution in [0.1, 0.15) is 67.8 Å². The summed E-state index contributed by atoms with van der Waals surface area (Å²) in [6.45, 7) is 8.92. The van der Waals surface area contributed by atoms with E-state index in [1.165, 1.54) is 0 Å². The maximum atomic E-state index is 13.0. The highest BCUT2D eigenvalue weighted by molar-refractivity contribution is 6.00. The first-order chi connectivity index (χ1) is 14.7. The van der Waals surface area contributed by atoms with E-state index in [0.717, 1.165) is 5.39 Å². The van der Waals surface area contributed by atoms with Crippen molar-refractivity contribution in [2.45, 2.75) is 64.7 Å². The van der Waals surface area contributed by atoms with E-state index in [4.69, 9.17) is 13.9 Å². The number of nitrogens with one attached hydrogen (secondary N) is 1. The fourth-order valence-electron chi connectivity index (χ4n) is 4.57. The van der Waals surface area contributed by atoms with Gasteiger partial charge in [-0.3, -0.25) is 4.79 Å². The highest BCUT2D eigenvalue weighted by Crippen LogP contribution is 2.45. The van der Waals surface area contributed by atoms with Crippen LogP contribution in [0.3, 0.4) is 0 Å². The van der Waals surface area contributed by atoms with Crippen molar-refractivity contribution >= 4 is 23.0 Å². The zero-order valence-corrected chi connectivity index (χ0v) is 18.5. The molecule has 0 saturated carbocycles. The average molecular weight is 431 g/mol. The summed E-state index contributed by atoms with van der Waals surface area (Å²) in [5.41, 5.74) is 1.47. The number of carbonyl (C=O) groups is 2. The molecule has 1 saturated heterocycles. The number of amides is 2. The first kappa shape index (κ1) is 21.5. The molecule has 0 radical (unpaired) electrons. The molecule has 1 fully saturated rings. The van der Waals surface area contributed by atoms with E-state index in [2.05, 4.69) is 5.32 Å². The van der Waals surface area contributed by atoms with Gasteiger partial charge in [0.25, 0.3) is 5.91 Å². The molecule has 2 aliphatic rings. The van der Waals surface area contributed by atoms with E-state index in [1.54, 1.807) is 24.0 Å². The number of furan rings is 1. The summed E-state index contributed by atoms with van der Waals surface area (Å²) in [6, 6.07) is 3.52. The van der Waals surface area contributed by atoms with Crippen molar-refractivity contribution in [3.05, 3.63) is 29.0 Å². The van der Waals surface area contributed by atoms with Gasteiger partial charge in [-0.05, 0) is 52.7 Å². The summed E-state index contributed by atoms with van der Waals surface area (Å²) in [6.07, 6.45) is 0.766. The molecule has 2 N–H and O–H groups in total. The molecule has 0 bridgehead atoms. The van der Waals surface area contributed by atoms with Gasteiger partial charge in [-0.1, -0.05) is 0 Å². The van der Waals surface area contributed by atoms with Crippen molar-refractivity contribution < 1.29 is 28.6 Å². The van der Waals surface area contributed by atoms with Gasteiger partial charge < -0.3 is 29.2 Å². The Kier molecular flexibility index (Phi) is 5.60. The van der Waals surface area contributed by atoms with Crippen LogP contribution >= 0.6 is 0 Å². The predicted octanol–water partition coefficient (Wildman–Crippen LogP) is 3.69. The minimum atomic E-state index is -0.693. The van der Waals surface area contributed by atoms with E-state index in [-0.39, 0.29) is 23.8 Å². The van der Waals surface area contributed by atoms with Gasteiger partial charge in [0.2, 0.25) is 0 Å². The Morgan fingerprint density at radius 1 is 1.29 bits per heavy atom. The number of carbonyl (C=O) groups excluding carboxylic acids is 2. The van der Waals surface area contributed by atoms with Gasteiger partial charge in [0, 0.05) is 42.1 Å². The first-order valence-corrected chi connectivity index (χ1v) is 10.9. The maximum Gasteiger partial charge on any atom is 0.409 e. The molecule has 2 amide bonds. The van der Waals surface area contributed by atoms with Gasteiger partial charge in [0.15, 0.2) is 5.76 Å². The van der Waals surface area contributed by atoms with Gasteiger partial charge in [-0.2, -0.15) is 0 Å². The number of aliphatic hydroxyl groups excluding tert-OH is 1. The molecular weight excluding hydrogens is 400 g/mol. The summed E-state index contributed by atoms with van der Waals surface area (Å²) in [5, 5.41) is 14.5. The summed E-state index contributed by atoms with van der Waals surface area (Å²) >= 11 is 0. The molecule has 0 spiro atoms. The quantitative estimate of drug-likeness (QED) is 0.770. The van der Waals surface area contributed by atoms with Crippen LogP contribution in [-0.4, -0.2) is 53.3 Å². The third kappa shape index (κ3) is 4.08. The molecule has 1 atom stereocenters. The van der Waals surface area contributed by atoms with Crippen LogP contribution in [0, 0.1) is 6.92 Å². The lowest BCUT2D eigenvalue weighted by molar-refractivity contribution is 0.0126. The Morgan fingerprint density at radius 3 is 2.68 bits per heavy atom. The topological polar surface area (TPSA) is 101 Å². The second kappa shape index (κ2) is 8.07. The fourth-order valence-corrected chi connectivity index (χ4v) is 4.57. The van der Waals surface area contributed by atoms with Crippen LogP contribution in [0.15, 0.2) is 16.5 Å². The SMILES string of the molecule is CCOC(=O)N1CCC(NC(=O)c2oc3ccc4c(c3c2C)[C@H](O)CC(C)(C)O4)CC1. The molecule has 2 aromatic rings. The molecule has 168 valence electrons. The Bertz CT molecular complexity index is 1000. The van der Waals surface area contributed by atoms with Crippen LogP contribution in [0.2, 0.25) is 0 Å². The standard InChI is InChI=1S/C23H30N2O6/c1-5-29-22(28)25-10-8-14(9-11-25)24-21(27)20-13(2)18-16(30-20)6-7-17-19(18)15(26)12-23(3,4)31-17/h6-7,14-15,26H,5,8-12H2,1-4H3,(H,24,27)/t15-/m1/s1. The number of aliphatic hydroxyl groups is 1. The van der Waals surface area contributed by atoms with Crippen molar-refractivity contribution in [2.24, 2.45) is 0 Å². The number of likely N-dealkylation sites (tertiary alicyclic amines) is 1. The fraction of sp³-hybridized carbons (Fsp3) is 0.565. The van der Waals surface area contributed by atoms with Crippen molar-refractivity contribution in [1.29, 1.82) is 0 Å². The Morgan fingerprint density at radius 2 is 2.00 bits per heavy atom. The molecular formula is C23H30N2O6. The number of benzene rings is 1. The molecule has 2 aliphatic heterocycles. The summed E-state index contributed by atoms with van der Waals surface area (Å²) in [7, 11) is 0. The van der Waals surface area contributed by atoms with Crippen molar-refractivity contribution in [3.8, 4) is 5.75 Å². The van der Waals surface area contributed by atoms with Gasteiger partial charge in [0.05, 0.1) is 12.7 Å². The highest BCUT2D eigenvalue weighted by Gasteiger charge is 2.36. The second-order valence-corrected chi connectivity index (χ2v) is 8.92. The minimum Gasteiger partial charge on any atom is -0.487 e. The van der Waals surface area contributed by atoms with E-state index >= 15 is 0 Å². The smallest absolute Gasteiger partial charge is 0.409 e. The largest absolute Gasteiger partial charge is 0.487 e. The normalized spacial score (nSPS) is 20.8. The monoisotopic (exact) mass is 430 g/mol. The second-order valence-electron chi connectivity index (χ2n) is 8.92. The lowest BCUT2D eigenvalue weighted by atomic mass is 9.89. The van der Waals surface area contributed by atoms with Crippen LogP contribution in [0.4, 0.5) is 4.79 Å². The summed E-state index contributed by atoms with van der Waals surface area (Å²) in [5.74, 6) is 0.579. The third-order valence-corrected chi connectivity index (χ3v) is 6.06. The number of fused-ring (bicyclic) bond motifs is 3. The van der Waals surface area contributed by atoms with E-state index in [0.29, 0.717) is 61.4 Å². The first-order valence-electron chi connectivity index (χ1n) is 10.9. The maximum absolute atomic E-state index is 13.0. The molecule has 8 heteroatoms. The molecule has 1 aromatic carbocycles. The minimum absolute atomic E-state index is 0.0468. The average Bonchev–Trinajstić information content (AvgIpc) is 3.04. The van der Waals surface area contributed by atoms with Gasteiger partial charge in [0.1, 0.15) is 16.9 Å². The molecule has 31 heavy (non-hydrogen) atoms. The predicted molar refractivity (Wildman–Crippen MR) is 114 cm³/mol. The summed E-state index contributed by atoms with van der Waals surface area (Å²) in [4.78, 5) is 26.5. The zero-order chi connectivity index (χ0) is 22.3. The van der Waals surface area contributed by atoms with E-state index in [1.807, 2.05) is 20.8 Å². The van der Waals surface area contributed by atoms with Crippen LogP contribution in [0.25, 0.3) is 11.0 Å². The number of rotatable bonds is 3. The lowest BCUT2D eigenvalue weighted by Gasteiger charge is -2.35. The van der Waals surface area contributed by atoms with Crippen LogP contribution in [-0.2, 0) is 4.74 Å². The van der Waals surface area contributed by atoms with Crippen molar-refractivity contribution in [3.63, 3.8) is 0 Å². The number of hydrogen-bond acceptors (Lipinski definition) is 6. The molecule has 4 rings (SSSR count). The van der Waals surface area contributed by atoms with Crippen LogP contribution in [0.5, 0.6) is 5.75 Å². The van der Waals surface area contributed by atoms with Gasteiger partial charge in [-0.15, -0.1) is 0 Å². The third-order valence-electron chi connectivity index (χ3n) is 6.06. The van der Waals surface area contributed by atoms with E-state index in [9.17, 15) is 14.7 Å².